The fourth-order valence-corrected chi connectivity index (χ4v) is 6.98. The summed E-state index contributed by atoms with van der Waals surface area (Å²) in [5.41, 5.74) is 11.5. The minimum atomic E-state index is -1.44. The van der Waals surface area contributed by atoms with Crippen molar-refractivity contribution in [1.29, 1.82) is 0 Å². The molecule has 0 aromatic heterocycles. The summed E-state index contributed by atoms with van der Waals surface area (Å²) < 4.78 is 0. The number of carbonyl (C=O) groups is 8. The van der Waals surface area contributed by atoms with Crippen LogP contribution in [-0.2, 0) is 28.8 Å². The van der Waals surface area contributed by atoms with Crippen molar-refractivity contribution in [3.63, 3.8) is 0 Å². The molecular formula is C34H44N6O12S2. The highest BCUT2D eigenvalue weighted by atomic mass is 33.1. The zero-order valence-corrected chi connectivity index (χ0v) is 31.3. The van der Waals surface area contributed by atoms with E-state index in [1.54, 1.807) is 27.7 Å². The molecule has 0 heterocycles. The van der Waals surface area contributed by atoms with Crippen LogP contribution in [0.25, 0.3) is 0 Å². The molecule has 6 atom stereocenters. The third-order valence-corrected chi connectivity index (χ3v) is 10.2. The number of aliphatic carboxylic acids is 4. The van der Waals surface area contributed by atoms with E-state index < -0.39 is 95.6 Å². The maximum absolute atomic E-state index is 13.4. The minimum absolute atomic E-state index is 0.0377. The van der Waals surface area contributed by atoms with Crippen molar-refractivity contribution in [2.75, 3.05) is 11.5 Å². The van der Waals surface area contributed by atoms with Crippen LogP contribution in [0.4, 0.5) is 0 Å². The van der Waals surface area contributed by atoms with E-state index in [0.717, 1.165) is 21.6 Å². The van der Waals surface area contributed by atoms with Gasteiger partial charge in [-0.3, -0.25) is 28.8 Å². The van der Waals surface area contributed by atoms with E-state index in [4.69, 9.17) is 11.5 Å². The van der Waals surface area contributed by atoms with Gasteiger partial charge in [-0.2, -0.15) is 0 Å². The van der Waals surface area contributed by atoms with Crippen LogP contribution >= 0.6 is 21.6 Å². The number of hydrogen-bond acceptors (Lipinski definition) is 12. The Balaban J connectivity index is 2.33. The number of rotatable bonds is 21. The first kappa shape index (κ1) is 45.0. The lowest BCUT2D eigenvalue weighted by molar-refractivity contribution is -0.143. The molecule has 0 aliphatic carbocycles. The Bertz CT molecular complexity index is 1600. The Labute approximate surface area is 318 Å². The number of carboxylic acids is 4. The van der Waals surface area contributed by atoms with Crippen LogP contribution in [0.15, 0.2) is 48.5 Å². The van der Waals surface area contributed by atoms with Gasteiger partial charge < -0.3 is 53.2 Å². The Kier molecular flexibility index (Phi) is 17.4. The second-order valence-corrected chi connectivity index (χ2v) is 15.2. The molecule has 54 heavy (non-hydrogen) atoms. The van der Waals surface area contributed by atoms with Crippen LogP contribution in [0.5, 0.6) is 0 Å². The fraction of sp³-hybridized carbons (Fsp3) is 0.412. The van der Waals surface area contributed by atoms with E-state index >= 15 is 0 Å². The van der Waals surface area contributed by atoms with Crippen molar-refractivity contribution < 1.29 is 58.8 Å². The van der Waals surface area contributed by atoms with Gasteiger partial charge in [0.25, 0.3) is 11.8 Å². The largest absolute Gasteiger partial charge is 0.480 e. The highest BCUT2D eigenvalue weighted by Gasteiger charge is 2.31. The van der Waals surface area contributed by atoms with Gasteiger partial charge in [0.1, 0.15) is 36.3 Å². The first-order valence-corrected chi connectivity index (χ1v) is 18.8. The molecule has 4 amide bonds. The minimum Gasteiger partial charge on any atom is -0.480 e. The molecule has 12 N–H and O–H groups in total. The Morgan fingerprint density at radius 3 is 1.17 bits per heavy atom. The number of benzene rings is 2. The Morgan fingerprint density at radius 1 is 0.556 bits per heavy atom. The van der Waals surface area contributed by atoms with E-state index in [-0.39, 0.29) is 33.8 Å². The zero-order valence-electron chi connectivity index (χ0n) is 29.7. The van der Waals surface area contributed by atoms with Crippen molar-refractivity contribution in [3.05, 3.63) is 70.8 Å². The van der Waals surface area contributed by atoms with E-state index in [9.17, 15) is 58.8 Å². The Morgan fingerprint density at radius 2 is 0.889 bits per heavy atom. The molecular weight excluding hydrogens is 749 g/mol. The van der Waals surface area contributed by atoms with Gasteiger partial charge >= 0.3 is 23.9 Å². The van der Waals surface area contributed by atoms with Crippen LogP contribution in [0, 0.1) is 11.8 Å². The molecule has 0 radical (unpaired) electrons. The summed E-state index contributed by atoms with van der Waals surface area (Å²) in [6.07, 6.45) is 0. The van der Waals surface area contributed by atoms with Crippen molar-refractivity contribution in [1.82, 2.24) is 21.3 Å². The quantitative estimate of drug-likeness (QED) is 0.0611. The molecule has 0 aliphatic heterocycles. The second kappa shape index (κ2) is 20.9. The third kappa shape index (κ3) is 13.3. The summed E-state index contributed by atoms with van der Waals surface area (Å²) in [6.45, 7) is 6.27. The maximum atomic E-state index is 13.4. The molecule has 0 saturated heterocycles. The smallest absolute Gasteiger partial charge is 0.326 e. The summed E-state index contributed by atoms with van der Waals surface area (Å²) >= 11 is 0. The topological polar surface area (TPSA) is 318 Å². The highest BCUT2D eigenvalue weighted by molar-refractivity contribution is 8.76. The van der Waals surface area contributed by atoms with Gasteiger partial charge in [0.05, 0.1) is 0 Å². The maximum Gasteiger partial charge on any atom is 0.326 e. The summed E-state index contributed by atoms with van der Waals surface area (Å²) in [7, 11) is 1.92. The number of nitrogens with one attached hydrogen (secondary N) is 4. The predicted octanol–water partition coefficient (Wildman–Crippen LogP) is 0.585. The summed E-state index contributed by atoms with van der Waals surface area (Å²) in [5, 5.41) is 47.6. The molecule has 2 aromatic carbocycles. The first-order chi connectivity index (χ1) is 25.2. The summed E-state index contributed by atoms with van der Waals surface area (Å²) in [4.78, 5) is 99.6. The number of nitrogens with two attached hydrogens (primary N) is 2. The second-order valence-electron chi connectivity index (χ2n) is 12.6. The summed E-state index contributed by atoms with van der Waals surface area (Å²) in [6, 6.07) is 2.54. The van der Waals surface area contributed by atoms with Gasteiger partial charge in [-0.05, 0) is 47.2 Å². The average Bonchev–Trinajstić information content (AvgIpc) is 3.11. The molecule has 0 aliphatic rings. The van der Waals surface area contributed by atoms with E-state index in [1.807, 2.05) is 0 Å². The molecule has 0 bridgehead atoms. The molecule has 2 rings (SSSR count). The van der Waals surface area contributed by atoms with Crippen LogP contribution in [0.1, 0.15) is 71.6 Å². The monoisotopic (exact) mass is 792 g/mol. The molecule has 0 fully saturated rings. The summed E-state index contributed by atoms with van der Waals surface area (Å²) in [5.74, 6) is -10.1. The fourth-order valence-electron chi connectivity index (χ4n) is 4.65. The van der Waals surface area contributed by atoms with Gasteiger partial charge in [0.15, 0.2) is 0 Å². The molecule has 0 saturated carbocycles. The van der Waals surface area contributed by atoms with Crippen LogP contribution in [0.2, 0.25) is 0 Å². The van der Waals surface area contributed by atoms with Gasteiger partial charge in [-0.25, -0.2) is 9.59 Å². The van der Waals surface area contributed by atoms with Crippen LogP contribution in [0.3, 0.4) is 0 Å². The molecule has 2 aromatic rings. The highest BCUT2D eigenvalue weighted by Crippen LogP contribution is 2.24. The van der Waals surface area contributed by atoms with Crippen LogP contribution in [-0.4, -0.2) is 104 Å². The zero-order chi connectivity index (χ0) is 40.9. The van der Waals surface area contributed by atoms with Gasteiger partial charge in [0.2, 0.25) is 11.8 Å². The van der Waals surface area contributed by atoms with Crippen molar-refractivity contribution in [3.8, 4) is 0 Å². The average molecular weight is 793 g/mol. The van der Waals surface area contributed by atoms with Gasteiger partial charge in [0, 0.05) is 22.6 Å². The number of carboxylic acid groups (broad SMARTS) is 4. The van der Waals surface area contributed by atoms with E-state index in [0.29, 0.717) is 0 Å². The lowest BCUT2D eigenvalue weighted by Crippen LogP contribution is -2.54. The first-order valence-electron chi connectivity index (χ1n) is 16.3. The normalized spacial score (nSPS) is 14.4. The molecule has 18 nitrogen and oxygen atoms in total. The standard InChI is InChI=1S/C34H44N6O12S2/c1-15(2)25(33(49)50)39-29(43)21(37-27(41)19-9-5-7-17(11-19)23(35)31(45)46)13-53-54-14-22(30(44)40-26(16(3)4)34(51)52)38-28(42)20-10-6-8-18(12-20)24(36)32(47)48/h5-12,15-16,21-26H,13-14,35-36H2,1-4H3,(H,37,41)(H,38,42)(H,39,43)(H,40,44)(H,45,46)(H,47,48)(H,49,50)(H,51,52)/t21-,22-,23?,24?,25+,26+/m0/s1. The lowest BCUT2D eigenvalue weighted by Gasteiger charge is -2.24. The van der Waals surface area contributed by atoms with Crippen molar-refractivity contribution in [2.45, 2.75) is 63.9 Å². The van der Waals surface area contributed by atoms with E-state index in [2.05, 4.69) is 21.3 Å². The van der Waals surface area contributed by atoms with Gasteiger partial charge in [-0.1, -0.05) is 73.5 Å². The van der Waals surface area contributed by atoms with Crippen LogP contribution < -0.4 is 32.7 Å². The number of hydrogen-bond donors (Lipinski definition) is 10. The molecule has 2 unspecified atom stereocenters. The van der Waals surface area contributed by atoms with Gasteiger partial charge in [-0.15, -0.1) is 0 Å². The molecule has 0 spiro atoms. The van der Waals surface area contributed by atoms with E-state index in [1.165, 1.54) is 48.5 Å². The predicted molar refractivity (Wildman–Crippen MR) is 198 cm³/mol. The lowest BCUT2D eigenvalue weighted by atomic mass is 10.0. The van der Waals surface area contributed by atoms with Crippen molar-refractivity contribution >= 4 is 69.1 Å². The SMILES string of the molecule is CC(C)[C@@H](NC(=O)[C@H](CSSC[C@H](NC(=O)c1cccc(C(N)C(=O)O)c1)C(=O)N[C@@H](C(=O)O)C(C)C)NC(=O)c1cccc(C(N)C(=O)O)c1)C(=O)O. The number of carbonyl (C=O) groups excluding carboxylic acids is 4. The molecule has 294 valence electrons. The molecule has 20 heteroatoms. The Hall–Kier alpha value is -5.18. The number of amides is 4. The van der Waals surface area contributed by atoms with Crippen molar-refractivity contribution in [2.24, 2.45) is 23.3 Å². The third-order valence-electron chi connectivity index (χ3n) is 7.81.